The van der Waals surface area contributed by atoms with Crippen molar-refractivity contribution >= 4 is 22.8 Å². The lowest BCUT2D eigenvalue weighted by molar-refractivity contribution is -0.137. The molecule has 0 atom stereocenters. The summed E-state index contributed by atoms with van der Waals surface area (Å²) in [6, 6.07) is 4.28. The second-order valence-corrected chi connectivity index (χ2v) is 6.07. The van der Waals surface area contributed by atoms with Gasteiger partial charge in [0, 0.05) is 24.0 Å². The normalized spacial score (nSPS) is 17.6. The number of nitrogens with one attached hydrogen (secondary N) is 1. The van der Waals surface area contributed by atoms with E-state index in [1.54, 1.807) is 11.2 Å². The van der Waals surface area contributed by atoms with Crippen molar-refractivity contribution in [3.05, 3.63) is 35.1 Å². The van der Waals surface area contributed by atoms with Crippen LogP contribution in [0.4, 0.5) is 0 Å². The molecule has 1 aromatic heterocycles. The summed E-state index contributed by atoms with van der Waals surface area (Å²) in [5.41, 5.74) is 4.52. The van der Waals surface area contributed by atoms with Gasteiger partial charge < -0.3 is 14.6 Å². The Balaban J connectivity index is 1.59. The van der Waals surface area contributed by atoms with Gasteiger partial charge in [-0.05, 0) is 42.5 Å². The van der Waals surface area contributed by atoms with Gasteiger partial charge in [-0.1, -0.05) is 0 Å². The third kappa shape index (κ3) is 2.26. The lowest BCUT2D eigenvalue weighted by atomic mass is 10.0. The Morgan fingerprint density at radius 1 is 1.27 bits per heavy atom. The summed E-state index contributed by atoms with van der Waals surface area (Å²) in [6.07, 6.45) is 5.39. The lowest BCUT2D eigenvalue weighted by Gasteiger charge is -2.26. The number of hydrogen-bond donors (Lipinski definition) is 1. The van der Waals surface area contributed by atoms with Gasteiger partial charge in [0.2, 0.25) is 11.8 Å². The Labute approximate surface area is 128 Å². The monoisotopic (exact) mass is 298 g/mol. The highest BCUT2D eigenvalue weighted by atomic mass is 16.3. The molecule has 4 rings (SSSR count). The van der Waals surface area contributed by atoms with Gasteiger partial charge in [0.1, 0.15) is 5.58 Å². The molecule has 1 aromatic carbocycles. The number of carbonyl (C=O) groups is 2. The zero-order valence-electron chi connectivity index (χ0n) is 12.4. The van der Waals surface area contributed by atoms with Crippen molar-refractivity contribution in [2.24, 2.45) is 0 Å². The second kappa shape index (κ2) is 5.16. The number of aryl methyl sites for hydroxylation is 2. The summed E-state index contributed by atoms with van der Waals surface area (Å²) >= 11 is 0. The Kier molecular flexibility index (Phi) is 3.13. The van der Waals surface area contributed by atoms with Gasteiger partial charge in [0.15, 0.2) is 0 Å². The third-order valence-corrected chi connectivity index (χ3v) is 4.60. The SMILES string of the molecule is O=C1CN(C(=O)Cc2coc3cc4c(cc23)CCC4)CCN1. The third-order valence-electron chi connectivity index (χ3n) is 4.60. The van der Waals surface area contributed by atoms with Crippen LogP contribution in [0.3, 0.4) is 0 Å². The number of amides is 2. The van der Waals surface area contributed by atoms with E-state index < -0.39 is 0 Å². The van der Waals surface area contributed by atoms with Crippen LogP contribution >= 0.6 is 0 Å². The molecule has 22 heavy (non-hydrogen) atoms. The van der Waals surface area contributed by atoms with E-state index in [-0.39, 0.29) is 18.4 Å². The van der Waals surface area contributed by atoms with Gasteiger partial charge in [0.25, 0.3) is 0 Å². The summed E-state index contributed by atoms with van der Waals surface area (Å²) < 4.78 is 5.63. The van der Waals surface area contributed by atoms with E-state index in [1.165, 1.54) is 17.5 Å². The molecule has 2 heterocycles. The Hall–Kier alpha value is -2.30. The zero-order chi connectivity index (χ0) is 15.1. The van der Waals surface area contributed by atoms with Crippen LogP contribution in [-0.2, 0) is 28.9 Å². The molecule has 2 aromatic rings. The van der Waals surface area contributed by atoms with E-state index in [2.05, 4.69) is 17.4 Å². The van der Waals surface area contributed by atoms with Crippen molar-refractivity contribution in [2.75, 3.05) is 19.6 Å². The zero-order valence-corrected chi connectivity index (χ0v) is 12.4. The average molecular weight is 298 g/mol. The summed E-state index contributed by atoms with van der Waals surface area (Å²) in [4.78, 5) is 25.4. The van der Waals surface area contributed by atoms with Gasteiger partial charge in [-0.15, -0.1) is 0 Å². The molecule has 1 N–H and O–H groups in total. The largest absolute Gasteiger partial charge is 0.464 e. The van der Waals surface area contributed by atoms with Gasteiger partial charge in [0.05, 0.1) is 19.2 Å². The number of carbonyl (C=O) groups excluding carboxylic acids is 2. The minimum Gasteiger partial charge on any atom is -0.464 e. The van der Waals surface area contributed by atoms with Crippen LogP contribution in [0.5, 0.6) is 0 Å². The molecule has 0 spiro atoms. The molecule has 1 aliphatic heterocycles. The highest BCUT2D eigenvalue weighted by molar-refractivity contribution is 5.91. The lowest BCUT2D eigenvalue weighted by Crippen LogP contribution is -2.50. The number of nitrogens with zero attached hydrogens (tertiary/aromatic N) is 1. The molecule has 1 aliphatic carbocycles. The van der Waals surface area contributed by atoms with Crippen LogP contribution < -0.4 is 5.32 Å². The first-order valence-electron chi connectivity index (χ1n) is 7.77. The molecule has 2 amide bonds. The Bertz CT molecular complexity index is 763. The molecule has 114 valence electrons. The number of piperazine rings is 1. The van der Waals surface area contributed by atoms with Crippen molar-refractivity contribution in [2.45, 2.75) is 25.7 Å². The van der Waals surface area contributed by atoms with Crippen LogP contribution in [-0.4, -0.2) is 36.3 Å². The van der Waals surface area contributed by atoms with Crippen molar-refractivity contribution in [1.82, 2.24) is 10.2 Å². The van der Waals surface area contributed by atoms with Gasteiger partial charge in [-0.25, -0.2) is 0 Å². The highest BCUT2D eigenvalue weighted by Crippen LogP contribution is 2.30. The molecule has 0 bridgehead atoms. The maximum atomic E-state index is 12.4. The van der Waals surface area contributed by atoms with E-state index in [0.29, 0.717) is 19.5 Å². The van der Waals surface area contributed by atoms with Crippen LogP contribution in [0.1, 0.15) is 23.1 Å². The summed E-state index contributed by atoms with van der Waals surface area (Å²) in [5, 5.41) is 3.77. The number of hydrogen-bond acceptors (Lipinski definition) is 3. The van der Waals surface area contributed by atoms with Gasteiger partial charge in [-0.2, -0.15) is 0 Å². The molecule has 1 saturated heterocycles. The van der Waals surface area contributed by atoms with Gasteiger partial charge >= 0.3 is 0 Å². The van der Waals surface area contributed by atoms with E-state index in [1.807, 2.05) is 0 Å². The first-order valence-corrected chi connectivity index (χ1v) is 7.77. The van der Waals surface area contributed by atoms with Crippen LogP contribution in [0.15, 0.2) is 22.8 Å². The predicted molar refractivity (Wildman–Crippen MR) is 81.5 cm³/mol. The molecule has 5 nitrogen and oxygen atoms in total. The fraction of sp³-hybridized carbons (Fsp3) is 0.412. The summed E-state index contributed by atoms with van der Waals surface area (Å²) in [5.74, 6) is -0.104. The molecule has 2 aliphatic rings. The number of furan rings is 1. The highest BCUT2D eigenvalue weighted by Gasteiger charge is 2.23. The van der Waals surface area contributed by atoms with Crippen molar-refractivity contribution in [1.29, 1.82) is 0 Å². The van der Waals surface area contributed by atoms with E-state index in [9.17, 15) is 9.59 Å². The van der Waals surface area contributed by atoms with Crippen molar-refractivity contribution in [3.8, 4) is 0 Å². The fourth-order valence-electron chi connectivity index (χ4n) is 3.41. The number of rotatable bonds is 2. The predicted octanol–water partition coefficient (Wildman–Crippen LogP) is 1.42. The molecule has 1 fully saturated rings. The topological polar surface area (TPSA) is 62.6 Å². The maximum Gasteiger partial charge on any atom is 0.239 e. The average Bonchev–Trinajstić information content (AvgIpc) is 3.12. The molecule has 0 saturated carbocycles. The van der Waals surface area contributed by atoms with E-state index >= 15 is 0 Å². The summed E-state index contributed by atoms with van der Waals surface area (Å²) in [7, 11) is 0. The fourth-order valence-corrected chi connectivity index (χ4v) is 3.41. The van der Waals surface area contributed by atoms with Crippen LogP contribution in [0, 0.1) is 0 Å². The smallest absolute Gasteiger partial charge is 0.239 e. The standard InChI is InChI=1S/C17H18N2O3/c20-16-9-19(5-4-18-16)17(21)8-13-10-22-15-7-12-3-1-2-11(12)6-14(13)15/h6-7,10H,1-5,8-9H2,(H,18,20). The molecular weight excluding hydrogens is 280 g/mol. The molecular formula is C17H18N2O3. The van der Waals surface area contributed by atoms with Crippen molar-refractivity contribution in [3.63, 3.8) is 0 Å². The van der Waals surface area contributed by atoms with Crippen LogP contribution in [0.25, 0.3) is 11.0 Å². The quantitative estimate of drug-likeness (QED) is 0.912. The Morgan fingerprint density at radius 2 is 2.09 bits per heavy atom. The van der Waals surface area contributed by atoms with Crippen molar-refractivity contribution < 1.29 is 14.0 Å². The van der Waals surface area contributed by atoms with E-state index in [0.717, 1.165) is 29.4 Å². The first-order chi connectivity index (χ1) is 10.7. The first kappa shape index (κ1) is 13.4. The van der Waals surface area contributed by atoms with Gasteiger partial charge in [-0.3, -0.25) is 9.59 Å². The number of fused-ring (bicyclic) bond motifs is 2. The summed E-state index contributed by atoms with van der Waals surface area (Å²) in [6.45, 7) is 1.27. The second-order valence-electron chi connectivity index (χ2n) is 6.07. The molecule has 0 radical (unpaired) electrons. The van der Waals surface area contributed by atoms with E-state index in [4.69, 9.17) is 4.42 Å². The molecule has 0 unspecified atom stereocenters. The minimum atomic E-state index is -0.0885. The Morgan fingerprint density at radius 3 is 2.91 bits per heavy atom. The minimum absolute atomic E-state index is 0.0157. The molecule has 5 heteroatoms. The van der Waals surface area contributed by atoms with Crippen LogP contribution in [0.2, 0.25) is 0 Å². The number of benzene rings is 1. The maximum absolute atomic E-state index is 12.4.